The van der Waals surface area contributed by atoms with E-state index in [1.165, 1.54) is 6.92 Å². The summed E-state index contributed by atoms with van der Waals surface area (Å²) in [6.07, 6.45) is 0.879. The highest BCUT2D eigenvalue weighted by molar-refractivity contribution is 5.72. The third kappa shape index (κ3) is 5.51. The topological polar surface area (TPSA) is 68.8 Å². The maximum atomic E-state index is 10.7. The third-order valence-corrected chi connectivity index (χ3v) is 2.96. The fraction of sp³-hybridized carbons (Fsp3) is 0.533. The molecule has 6 heteroatoms. The average Bonchev–Trinajstić information content (AvgIpc) is 2.49. The van der Waals surface area contributed by atoms with Crippen LogP contribution in [-0.4, -0.2) is 40.3 Å². The van der Waals surface area contributed by atoms with Gasteiger partial charge in [-0.3, -0.25) is 4.79 Å². The monoisotopic (exact) mass is 296 g/mol. The molecule has 0 unspecified atom stereocenters. The number of nitrogens with one attached hydrogen (secondary N) is 2. The first-order chi connectivity index (χ1) is 10.1. The second-order valence-corrected chi connectivity index (χ2v) is 4.55. The molecule has 0 bridgehead atoms. The minimum atomic E-state index is -0.000345. The lowest BCUT2D eigenvalue weighted by molar-refractivity contribution is -0.118. The van der Waals surface area contributed by atoms with Gasteiger partial charge in [-0.05, 0) is 30.7 Å². The number of carbonyl (C=O) groups excluding carboxylic acids is 1. The van der Waals surface area contributed by atoms with Crippen molar-refractivity contribution in [2.24, 2.45) is 0 Å². The van der Waals surface area contributed by atoms with Gasteiger partial charge in [0.15, 0.2) is 11.5 Å². The largest absolute Gasteiger partial charge is 0.493 e. The summed E-state index contributed by atoms with van der Waals surface area (Å²) in [5.74, 6) is 1.88. The molecular weight excluding hydrogens is 272 g/mol. The first-order valence-corrected chi connectivity index (χ1v) is 6.86. The molecule has 0 saturated carbocycles. The zero-order chi connectivity index (χ0) is 15.7. The standard InChI is InChI=1S/C15H24N2O4/c1-11(18)17-7-5-6-16-10-12-8-13(19-2)15(21-4)14(9-12)20-3/h8-9,16H,5-7,10H2,1-4H3,(H,17,18). The molecule has 0 aliphatic carbocycles. The number of hydrogen-bond donors (Lipinski definition) is 2. The van der Waals surface area contributed by atoms with Crippen molar-refractivity contribution in [3.05, 3.63) is 17.7 Å². The van der Waals surface area contributed by atoms with Crippen molar-refractivity contribution in [3.8, 4) is 17.2 Å². The Labute approximate surface area is 125 Å². The predicted molar refractivity (Wildman–Crippen MR) is 81.1 cm³/mol. The summed E-state index contributed by atoms with van der Waals surface area (Å²) in [6.45, 7) is 3.70. The van der Waals surface area contributed by atoms with Gasteiger partial charge in [0, 0.05) is 20.0 Å². The summed E-state index contributed by atoms with van der Waals surface area (Å²) < 4.78 is 15.9. The van der Waals surface area contributed by atoms with E-state index in [0.717, 1.165) is 18.5 Å². The van der Waals surface area contributed by atoms with Crippen molar-refractivity contribution in [2.75, 3.05) is 34.4 Å². The van der Waals surface area contributed by atoms with Gasteiger partial charge < -0.3 is 24.8 Å². The lowest BCUT2D eigenvalue weighted by Crippen LogP contribution is -2.25. The number of methoxy groups -OCH3 is 3. The van der Waals surface area contributed by atoms with E-state index < -0.39 is 0 Å². The Balaban J connectivity index is 2.53. The van der Waals surface area contributed by atoms with Crippen LogP contribution in [0, 0.1) is 0 Å². The summed E-state index contributed by atoms with van der Waals surface area (Å²) in [5, 5.41) is 6.07. The van der Waals surface area contributed by atoms with Crippen LogP contribution in [0.3, 0.4) is 0 Å². The van der Waals surface area contributed by atoms with Gasteiger partial charge in [-0.15, -0.1) is 0 Å². The zero-order valence-corrected chi connectivity index (χ0v) is 13.1. The average molecular weight is 296 g/mol. The molecule has 1 amide bonds. The normalized spacial score (nSPS) is 10.1. The van der Waals surface area contributed by atoms with Crippen LogP contribution in [0.25, 0.3) is 0 Å². The predicted octanol–water partition coefficient (Wildman–Crippen LogP) is 1.33. The van der Waals surface area contributed by atoms with E-state index in [1.807, 2.05) is 12.1 Å². The molecule has 0 radical (unpaired) electrons. The van der Waals surface area contributed by atoms with E-state index in [0.29, 0.717) is 30.3 Å². The molecule has 0 fully saturated rings. The van der Waals surface area contributed by atoms with Gasteiger partial charge in [0.2, 0.25) is 11.7 Å². The molecule has 21 heavy (non-hydrogen) atoms. The van der Waals surface area contributed by atoms with Crippen LogP contribution in [0.5, 0.6) is 17.2 Å². The number of amides is 1. The lowest BCUT2D eigenvalue weighted by Gasteiger charge is -2.14. The minimum Gasteiger partial charge on any atom is -0.493 e. The SMILES string of the molecule is COc1cc(CNCCCNC(C)=O)cc(OC)c1OC. The smallest absolute Gasteiger partial charge is 0.216 e. The van der Waals surface area contributed by atoms with Crippen molar-refractivity contribution < 1.29 is 19.0 Å². The quantitative estimate of drug-likeness (QED) is 0.673. The maximum absolute atomic E-state index is 10.7. The fourth-order valence-corrected chi connectivity index (χ4v) is 1.95. The van der Waals surface area contributed by atoms with Crippen molar-refractivity contribution in [1.29, 1.82) is 0 Å². The highest BCUT2D eigenvalue weighted by Gasteiger charge is 2.12. The summed E-state index contributed by atoms with van der Waals surface area (Å²) in [7, 11) is 4.78. The van der Waals surface area contributed by atoms with E-state index in [9.17, 15) is 4.79 Å². The number of ether oxygens (including phenoxy) is 3. The number of hydrogen-bond acceptors (Lipinski definition) is 5. The van der Waals surface area contributed by atoms with Gasteiger partial charge in [-0.1, -0.05) is 0 Å². The molecule has 0 saturated heterocycles. The molecule has 6 nitrogen and oxygen atoms in total. The van der Waals surface area contributed by atoms with E-state index in [4.69, 9.17) is 14.2 Å². The number of benzene rings is 1. The van der Waals surface area contributed by atoms with Crippen LogP contribution in [0.15, 0.2) is 12.1 Å². The zero-order valence-electron chi connectivity index (χ0n) is 13.1. The Morgan fingerprint density at radius 3 is 2.14 bits per heavy atom. The maximum Gasteiger partial charge on any atom is 0.216 e. The molecule has 2 N–H and O–H groups in total. The van der Waals surface area contributed by atoms with Crippen LogP contribution in [0.1, 0.15) is 18.9 Å². The Morgan fingerprint density at radius 2 is 1.67 bits per heavy atom. The molecule has 0 aromatic heterocycles. The third-order valence-electron chi connectivity index (χ3n) is 2.96. The van der Waals surface area contributed by atoms with Crippen LogP contribution in [0.4, 0.5) is 0 Å². The van der Waals surface area contributed by atoms with E-state index in [2.05, 4.69) is 10.6 Å². The minimum absolute atomic E-state index is 0.000345. The first-order valence-electron chi connectivity index (χ1n) is 6.86. The summed E-state index contributed by atoms with van der Waals surface area (Å²) in [4.78, 5) is 10.7. The van der Waals surface area contributed by atoms with Gasteiger partial charge in [0.05, 0.1) is 21.3 Å². The molecule has 0 aliphatic rings. The van der Waals surface area contributed by atoms with Crippen LogP contribution < -0.4 is 24.8 Å². The van der Waals surface area contributed by atoms with E-state index in [1.54, 1.807) is 21.3 Å². The Bertz CT molecular complexity index is 438. The van der Waals surface area contributed by atoms with E-state index in [-0.39, 0.29) is 5.91 Å². The lowest BCUT2D eigenvalue weighted by atomic mass is 10.1. The van der Waals surface area contributed by atoms with Gasteiger partial charge in [-0.25, -0.2) is 0 Å². The Kier molecular flexibility index (Phi) is 7.39. The summed E-state index contributed by atoms with van der Waals surface area (Å²) in [5.41, 5.74) is 1.05. The Morgan fingerprint density at radius 1 is 1.05 bits per heavy atom. The molecule has 0 heterocycles. The van der Waals surface area contributed by atoms with Crippen molar-refractivity contribution in [3.63, 3.8) is 0 Å². The number of carbonyl (C=O) groups is 1. The van der Waals surface area contributed by atoms with Gasteiger partial charge in [0.25, 0.3) is 0 Å². The van der Waals surface area contributed by atoms with Crippen LogP contribution in [0.2, 0.25) is 0 Å². The van der Waals surface area contributed by atoms with Crippen molar-refractivity contribution in [2.45, 2.75) is 19.9 Å². The van der Waals surface area contributed by atoms with Crippen molar-refractivity contribution in [1.82, 2.24) is 10.6 Å². The fourth-order valence-electron chi connectivity index (χ4n) is 1.95. The van der Waals surface area contributed by atoms with Gasteiger partial charge >= 0.3 is 0 Å². The number of rotatable bonds is 9. The molecule has 1 aromatic carbocycles. The van der Waals surface area contributed by atoms with Gasteiger partial charge in [-0.2, -0.15) is 0 Å². The van der Waals surface area contributed by atoms with Crippen molar-refractivity contribution >= 4 is 5.91 Å². The summed E-state index contributed by atoms with van der Waals surface area (Å²) in [6, 6.07) is 3.84. The first kappa shape index (κ1) is 17.1. The molecule has 1 rings (SSSR count). The van der Waals surface area contributed by atoms with Crippen LogP contribution in [-0.2, 0) is 11.3 Å². The van der Waals surface area contributed by atoms with Gasteiger partial charge in [0.1, 0.15) is 0 Å². The summed E-state index contributed by atoms with van der Waals surface area (Å²) >= 11 is 0. The molecule has 0 aliphatic heterocycles. The highest BCUT2D eigenvalue weighted by atomic mass is 16.5. The van der Waals surface area contributed by atoms with Crippen LogP contribution >= 0.6 is 0 Å². The molecular formula is C15H24N2O4. The molecule has 0 spiro atoms. The molecule has 1 aromatic rings. The second kappa shape index (κ2) is 9.07. The van der Waals surface area contributed by atoms with E-state index >= 15 is 0 Å². The highest BCUT2D eigenvalue weighted by Crippen LogP contribution is 2.38. The second-order valence-electron chi connectivity index (χ2n) is 4.55. The molecule has 118 valence electrons. The molecule has 0 atom stereocenters. The Hall–Kier alpha value is -1.95.